The molecule has 9 aromatic rings. The molecule has 0 spiro atoms. The molecule has 1 aromatic heterocycles. The zero-order valence-corrected chi connectivity index (χ0v) is 40.5. The highest BCUT2D eigenvalue weighted by molar-refractivity contribution is 6.05. The molecular formula is C59H46F6O10. The Balaban J connectivity index is 0.000000140. The summed E-state index contributed by atoms with van der Waals surface area (Å²) in [6.07, 6.45) is 0. The number of rotatable bonds is 12. The van der Waals surface area contributed by atoms with Crippen molar-refractivity contribution in [2.45, 2.75) is 47.2 Å². The van der Waals surface area contributed by atoms with Gasteiger partial charge in [-0.15, -0.1) is 0 Å². The maximum absolute atomic E-state index is 14.9. The highest BCUT2D eigenvalue weighted by atomic mass is 19.1. The summed E-state index contributed by atoms with van der Waals surface area (Å²) >= 11 is 0. The van der Waals surface area contributed by atoms with Crippen LogP contribution in [-0.4, -0.2) is 24.9 Å². The molecule has 0 unspecified atom stereocenters. The molecule has 0 radical (unpaired) electrons. The zero-order valence-electron chi connectivity index (χ0n) is 40.5. The summed E-state index contributed by atoms with van der Waals surface area (Å²) in [6, 6.07) is 37.1. The predicted molar refractivity (Wildman–Crippen MR) is 269 cm³/mol. The topological polar surface area (TPSA) is 115 Å². The SMILES string of the molecule is CCOc1ccc2c(c1F)COc1c-2ccc(O)c1F.CCOc1ccc2c(c1F)COc1c-2ccc(OCc2ccccc2)c1F.CCOc1ccc2c(c1F)c(=O)oc1c(F)c(OCc3ccccc3)ccc12. The lowest BCUT2D eigenvalue weighted by molar-refractivity contribution is 0.255. The number of phenolic OH excluding ortho intramolecular Hbond substituents is 1. The first-order valence-electron chi connectivity index (χ1n) is 23.7. The normalized spacial score (nSPS) is 11.7. The summed E-state index contributed by atoms with van der Waals surface area (Å²) in [7, 11) is 0. The van der Waals surface area contributed by atoms with Gasteiger partial charge >= 0.3 is 5.63 Å². The fourth-order valence-corrected chi connectivity index (χ4v) is 8.53. The van der Waals surface area contributed by atoms with Crippen LogP contribution in [0.25, 0.3) is 44.0 Å². The average molecular weight is 1030 g/mol. The minimum atomic E-state index is -0.972. The lowest BCUT2D eigenvalue weighted by atomic mass is 9.96. The molecule has 2 aliphatic rings. The summed E-state index contributed by atoms with van der Waals surface area (Å²) in [5, 5.41) is 9.60. The third kappa shape index (κ3) is 10.4. The van der Waals surface area contributed by atoms with Gasteiger partial charge in [-0.1, -0.05) is 60.7 Å². The van der Waals surface area contributed by atoms with Gasteiger partial charge in [0.15, 0.2) is 69.0 Å². The summed E-state index contributed by atoms with van der Waals surface area (Å²) in [5.41, 5.74) is 3.33. The largest absolute Gasteiger partial charge is 0.505 e. The molecular weight excluding hydrogens is 983 g/mol. The first-order chi connectivity index (χ1) is 36.4. The third-order valence-corrected chi connectivity index (χ3v) is 12.1. The van der Waals surface area contributed by atoms with E-state index in [9.17, 15) is 36.2 Å². The fourth-order valence-electron chi connectivity index (χ4n) is 8.53. The van der Waals surface area contributed by atoms with Gasteiger partial charge in [0, 0.05) is 33.0 Å². The molecule has 0 bridgehead atoms. The molecule has 1 N–H and O–H groups in total. The average Bonchev–Trinajstić information content (AvgIpc) is 3.43. The molecule has 0 amide bonds. The Morgan fingerprint density at radius 2 is 0.853 bits per heavy atom. The van der Waals surface area contributed by atoms with Crippen LogP contribution in [-0.2, 0) is 26.4 Å². The first kappa shape index (κ1) is 51.1. The Hall–Kier alpha value is -8.79. The number of fused-ring (bicyclic) bond motifs is 9. The number of hydrogen-bond donors (Lipinski definition) is 1. The lowest BCUT2D eigenvalue weighted by Gasteiger charge is -2.23. The Bertz CT molecular complexity index is 3610. The van der Waals surface area contributed by atoms with Crippen molar-refractivity contribution in [2.75, 3.05) is 19.8 Å². The molecule has 16 heteroatoms. The van der Waals surface area contributed by atoms with Gasteiger partial charge in [0.2, 0.25) is 17.5 Å². The van der Waals surface area contributed by atoms with Crippen molar-refractivity contribution in [1.82, 2.24) is 0 Å². The summed E-state index contributed by atoms with van der Waals surface area (Å²) in [4.78, 5) is 12.3. The van der Waals surface area contributed by atoms with Crippen LogP contribution in [0.2, 0.25) is 0 Å². The molecule has 3 heterocycles. The van der Waals surface area contributed by atoms with E-state index in [1.807, 2.05) is 60.7 Å². The highest BCUT2D eigenvalue weighted by Crippen LogP contribution is 2.46. The van der Waals surface area contributed by atoms with E-state index < -0.39 is 46.3 Å². The minimum Gasteiger partial charge on any atom is -0.505 e. The van der Waals surface area contributed by atoms with Crippen molar-refractivity contribution < 1.29 is 69.0 Å². The maximum atomic E-state index is 14.9. The number of benzene rings is 8. The second kappa shape index (κ2) is 22.5. The van der Waals surface area contributed by atoms with Crippen molar-refractivity contribution in [3.05, 3.63) is 201 Å². The van der Waals surface area contributed by atoms with Crippen LogP contribution in [0.4, 0.5) is 26.3 Å². The van der Waals surface area contributed by atoms with Crippen LogP contribution in [0.3, 0.4) is 0 Å². The molecule has 0 saturated heterocycles. The Morgan fingerprint density at radius 3 is 1.36 bits per heavy atom. The van der Waals surface area contributed by atoms with Gasteiger partial charge in [-0.25, -0.2) is 18.0 Å². The van der Waals surface area contributed by atoms with Crippen LogP contribution in [0.15, 0.2) is 143 Å². The van der Waals surface area contributed by atoms with E-state index in [0.717, 1.165) is 11.1 Å². The van der Waals surface area contributed by atoms with E-state index in [4.69, 9.17) is 37.6 Å². The van der Waals surface area contributed by atoms with Crippen molar-refractivity contribution in [3.8, 4) is 68.2 Å². The molecule has 0 atom stereocenters. The van der Waals surface area contributed by atoms with Gasteiger partial charge in [0.05, 0.1) is 19.8 Å². The lowest BCUT2D eigenvalue weighted by Crippen LogP contribution is -2.11. The van der Waals surface area contributed by atoms with Crippen molar-refractivity contribution in [2.24, 2.45) is 0 Å². The van der Waals surface area contributed by atoms with E-state index >= 15 is 0 Å². The quantitative estimate of drug-likeness (QED) is 0.0720. The van der Waals surface area contributed by atoms with Gasteiger partial charge in [-0.3, -0.25) is 0 Å². The van der Waals surface area contributed by atoms with E-state index in [-0.39, 0.29) is 95.0 Å². The predicted octanol–water partition coefficient (Wildman–Crippen LogP) is 14.3. The van der Waals surface area contributed by atoms with Crippen LogP contribution in [0.1, 0.15) is 43.0 Å². The van der Waals surface area contributed by atoms with E-state index in [1.165, 1.54) is 36.4 Å². The second-order valence-corrected chi connectivity index (χ2v) is 16.7. The number of phenols is 1. The number of halogens is 6. The summed E-state index contributed by atoms with van der Waals surface area (Å²) in [5.74, 6) is -4.14. The van der Waals surface area contributed by atoms with E-state index in [0.29, 0.717) is 46.6 Å². The third-order valence-electron chi connectivity index (χ3n) is 12.1. The molecule has 10 nitrogen and oxygen atoms in total. The number of hydrogen-bond acceptors (Lipinski definition) is 10. The van der Waals surface area contributed by atoms with Crippen molar-refractivity contribution in [3.63, 3.8) is 0 Å². The van der Waals surface area contributed by atoms with Gasteiger partial charge in [0.25, 0.3) is 0 Å². The molecule has 0 aliphatic carbocycles. The zero-order chi connectivity index (χ0) is 52.8. The van der Waals surface area contributed by atoms with Crippen LogP contribution in [0.5, 0.6) is 46.0 Å². The van der Waals surface area contributed by atoms with Crippen LogP contribution >= 0.6 is 0 Å². The maximum Gasteiger partial charge on any atom is 0.347 e. The van der Waals surface area contributed by atoms with Gasteiger partial charge < -0.3 is 42.7 Å². The summed E-state index contributed by atoms with van der Waals surface area (Å²) < 4.78 is 130. The smallest absolute Gasteiger partial charge is 0.347 e. The second-order valence-electron chi connectivity index (χ2n) is 16.7. The van der Waals surface area contributed by atoms with E-state index in [1.54, 1.807) is 57.2 Å². The number of ether oxygens (including phenoxy) is 7. The minimum absolute atomic E-state index is 0.0507. The Morgan fingerprint density at radius 1 is 0.440 bits per heavy atom. The van der Waals surface area contributed by atoms with Crippen LogP contribution in [0, 0.1) is 34.9 Å². The molecule has 0 saturated carbocycles. The molecule has 11 rings (SSSR count). The Labute approximate surface area is 425 Å². The van der Waals surface area contributed by atoms with Crippen LogP contribution < -0.4 is 38.8 Å². The summed E-state index contributed by atoms with van der Waals surface area (Å²) in [6.45, 7) is 6.48. The molecule has 2 aliphatic heterocycles. The first-order valence-corrected chi connectivity index (χ1v) is 23.7. The van der Waals surface area contributed by atoms with Crippen molar-refractivity contribution >= 4 is 21.7 Å². The molecule has 384 valence electrons. The van der Waals surface area contributed by atoms with Gasteiger partial charge in [0.1, 0.15) is 31.8 Å². The molecule has 8 aromatic carbocycles. The van der Waals surface area contributed by atoms with Gasteiger partial charge in [-0.05, 0) is 116 Å². The fraction of sp³-hybridized carbons (Fsp3) is 0.169. The van der Waals surface area contributed by atoms with Gasteiger partial charge in [-0.2, -0.15) is 13.2 Å². The highest BCUT2D eigenvalue weighted by Gasteiger charge is 2.29. The number of aromatic hydroxyl groups is 1. The van der Waals surface area contributed by atoms with E-state index in [2.05, 4.69) is 0 Å². The van der Waals surface area contributed by atoms with Crippen molar-refractivity contribution in [1.29, 1.82) is 0 Å². The Kier molecular flexibility index (Phi) is 15.4. The monoisotopic (exact) mass is 1030 g/mol. The molecule has 75 heavy (non-hydrogen) atoms. The molecule has 0 fully saturated rings. The standard InChI is InChI=1S/C22H16F2O4.C22H18F2O3.C15H12F2O3/c1-2-26-16-10-8-14-15-9-11-17(27-12-13-6-4-3-5-7-13)20(24)21(15)28-22(25)18(14)19(16)23;1-2-25-18-10-8-15-16-9-11-19(26-12-14-6-4-3-5-7-14)21(24)22(16)27-13-17(15)20(18)23;1-2-19-12-6-4-8-9-3-5-11(18)14(17)15(9)20-7-10(8)13(12)16/h3-11H,2,12H2,1H3;3-11H,2,12-13H2,1H3;3-6,18H,2,7H2,1H3.